The van der Waals surface area contributed by atoms with Crippen LogP contribution >= 0.6 is 0 Å². The summed E-state index contributed by atoms with van der Waals surface area (Å²) in [7, 11) is 0. The van der Waals surface area contributed by atoms with Gasteiger partial charge in [-0.15, -0.1) is 0 Å². The molecule has 0 fully saturated rings. The minimum atomic E-state index is -0.166. The molecule has 0 aliphatic carbocycles. The molecule has 1 aromatic heterocycles. The van der Waals surface area contributed by atoms with E-state index in [0.29, 0.717) is 11.3 Å². The monoisotopic (exact) mass is 293 g/mol. The van der Waals surface area contributed by atoms with Crippen LogP contribution in [0.4, 0.5) is 0 Å². The Morgan fingerprint density at radius 1 is 1.27 bits per heavy atom. The van der Waals surface area contributed by atoms with Crippen molar-refractivity contribution in [1.29, 1.82) is 5.26 Å². The van der Waals surface area contributed by atoms with Crippen LogP contribution in [0.5, 0.6) is 0 Å². The normalized spacial score (nSPS) is 11.5. The Kier molecular flexibility index (Phi) is 4.90. The highest BCUT2D eigenvalue weighted by Crippen LogP contribution is 2.16. The van der Waals surface area contributed by atoms with Crippen molar-refractivity contribution in [3.8, 4) is 6.07 Å². The minimum absolute atomic E-state index is 0.0891. The van der Waals surface area contributed by atoms with Crippen molar-refractivity contribution >= 4 is 5.91 Å². The highest BCUT2D eigenvalue weighted by atomic mass is 16.1. The Balaban J connectivity index is 2.23. The lowest BCUT2D eigenvalue weighted by Gasteiger charge is -2.16. The van der Waals surface area contributed by atoms with E-state index in [1.807, 2.05) is 51.1 Å². The molecule has 22 heavy (non-hydrogen) atoms. The lowest BCUT2D eigenvalue weighted by molar-refractivity contribution is 0.0938. The first-order valence-corrected chi connectivity index (χ1v) is 7.22. The maximum atomic E-state index is 12.5. The van der Waals surface area contributed by atoms with Crippen LogP contribution in [0.15, 0.2) is 36.4 Å². The van der Waals surface area contributed by atoms with E-state index in [1.54, 1.807) is 6.07 Å². The number of aryl methyl sites for hydroxylation is 2. The van der Waals surface area contributed by atoms with Gasteiger partial charge in [0.2, 0.25) is 0 Å². The number of aromatic nitrogens is 1. The fourth-order valence-corrected chi connectivity index (χ4v) is 2.36. The van der Waals surface area contributed by atoms with Gasteiger partial charge in [-0.05, 0) is 38.0 Å². The van der Waals surface area contributed by atoms with Gasteiger partial charge in [0.05, 0.1) is 29.8 Å². The van der Waals surface area contributed by atoms with Gasteiger partial charge in [0, 0.05) is 5.69 Å². The SMILES string of the molecule is Cc1nc(C)c(C(=O)NC(C)c2ccccc2)cc1CC#N. The van der Waals surface area contributed by atoms with Gasteiger partial charge < -0.3 is 5.32 Å². The molecule has 1 heterocycles. The molecule has 112 valence electrons. The Morgan fingerprint density at radius 3 is 2.59 bits per heavy atom. The largest absolute Gasteiger partial charge is 0.345 e. The number of carbonyl (C=O) groups excluding carboxylic acids is 1. The molecule has 0 saturated carbocycles. The second-order valence-electron chi connectivity index (χ2n) is 5.31. The van der Waals surface area contributed by atoms with Crippen molar-refractivity contribution in [2.45, 2.75) is 33.2 Å². The van der Waals surface area contributed by atoms with Crippen LogP contribution < -0.4 is 5.32 Å². The highest BCUT2D eigenvalue weighted by Gasteiger charge is 2.16. The Bertz CT molecular complexity index is 717. The van der Waals surface area contributed by atoms with E-state index in [0.717, 1.165) is 16.8 Å². The van der Waals surface area contributed by atoms with E-state index in [4.69, 9.17) is 5.26 Å². The zero-order chi connectivity index (χ0) is 16.1. The van der Waals surface area contributed by atoms with Crippen LogP contribution in [-0.2, 0) is 6.42 Å². The first-order chi connectivity index (χ1) is 10.5. The summed E-state index contributed by atoms with van der Waals surface area (Å²) < 4.78 is 0. The third-order valence-corrected chi connectivity index (χ3v) is 3.67. The van der Waals surface area contributed by atoms with Gasteiger partial charge in [-0.1, -0.05) is 30.3 Å². The molecule has 0 radical (unpaired) electrons. The summed E-state index contributed by atoms with van der Waals surface area (Å²) in [5.74, 6) is -0.166. The average Bonchev–Trinajstić information content (AvgIpc) is 2.50. The maximum Gasteiger partial charge on any atom is 0.253 e. The topological polar surface area (TPSA) is 65.8 Å². The summed E-state index contributed by atoms with van der Waals surface area (Å²) in [6, 6.07) is 13.6. The number of nitrogens with zero attached hydrogens (tertiary/aromatic N) is 2. The van der Waals surface area contributed by atoms with E-state index >= 15 is 0 Å². The molecule has 2 aromatic rings. The molecule has 4 nitrogen and oxygen atoms in total. The lowest BCUT2D eigenvalue weighted by Crippen LogP contribution is -2.27. The summed E-state index contributed by atoms with van der Waals surface area (Å²) in [6.07, 6.45) is 0.258. The van der Waals surface area contributed by atoms with Crippen molar-refractivity contribution in [2.24, 2.45) is 0 Å². The zero-order valence-corrected chi connectivity index (χ0v) is 13.1. The fraction of sp³-hybridized carbons (Fsp3) is 0.278. The molecular weight excluding hydrogens is 274 g/mol. The van der Waals surface area contributed by atoms with Crippen LogP contribution in [0.25, 0.3) is 0 Å². The van der Waals surface area contributed by atoms with Gasteiger partial charge in [0.1, 0.15) is 0 Å². The van der Waals surface area contributed by atoms with Gasteiger partial charge in [-0.2, -0.15) is 5.26 Å². The van der Waals surface area contributed by atoms with Crippen LogP contribution in [0.2, 0.25) is 0 Å². The second-order valence-corrected chi connectivity index (χ2v) is 5.31. The summed E-state index contributed by atoms with van der Waals surface area (Å²) in [6.45, 7) is 5.61. The summed E-state index contributed by atoms with van der Waals surface area (Å²) in [4.78, 5) is 16.9. The molecule has 0 saturated heterocycles. The third kappa shape index (κ3) is 3.50. The minimum Gasteiger partial charge on any atom is -0.345 e. The third-order valence-electron chi connectivity index (χ3n) is 3.67. The van der Waals surface area contributed by atoms with Crippen molar-refractivity contribution in [3.63, 3.8) is 0 Å². The van der Waals surface area contributed by atoms with Crippen LogP contribution in [0, 0.1) is 25.2 Å². The molecule has 1 N–H and O–H groups in total. The van der Waals surface area contributed by atoms with E-state index < -0.39 is 0 Å². The van der Waals surface area contributed by atoms with Gasteiger partial charge in [0.15, 0.2) is 0 Å². The number of nitriles is 1. The molecular formula is C18H19N3O. The average molecular weight is 293 g/mol. The first kappa shape index (κ1) is 15.7. The van der Waals surface area contributed by atoms with Crippen molar-refractivity contribution in [2.75, 3.05) is 0 Å². The van der Waals surface area contributed by atoms with Gasteiger partial charge in [0.25, 0.3) is 5.91 Å². The molecule has 2 rings (SSSR count). The summed E-state index contributed by atoms with van der Waals surface area (Å²) >= 11 is 0. The van der Waals surface area contributed by atoms with Crippen molar-refractivity contribution < 1.29 is 4.79 Å². The standard InChI is InChI=1S/C18H19N3O/c1-12(15-7-5-4-6-8-15)21-18(22)17-11-16(9-10-19)13(2)20-14(17)3/h4-8,11-12H,9H2,1-3H3,(H,21,22). The Morgan fingerprint density at radius 2 is 1.95 bits per heavy atom. The lowest BCUT2D eigenvalue weighted by atomic mass is 10.0. The van der Waals surface area contributed by atoms with Crippen LogP contribution in [0.3, 0.4) is 0 Å². The quantitative estimate of drug-likeness (QED) is 0.941. The van der Waals surface area contributed by atoms with E-state index in [9.17, 15) is 4.79 Å². The Labute approximate surface area is 130 Å². The maximum absolute atomic E-state index is 12.5. The predicted molar refractivity (Wildman–Crippen MR) is 85.4 cm³/mol. The fourth-order valence-electron chi connectivity index (χ4n) is 2.36. The Hall–Kier alpha value is -2.67. The number of benzene rings is 1. The van der Waals surface area contributed by atoms with Gasteiger partial charge in [-0.3, -0.25) is 9.78 Å². The molecule has 0 bridgehead atoms. The van der Waals surface area contributed by atoms with E-state index in [2.05, 4.69) is 16.4 Å². The molecule has 1 atom stereocenters. The van der Waals surface area contributed by atoms with Crippen molar-refractivity contribution in [3.05, 3.63) is 64.5 Å². The van der Waals surface area contributed by atoms with Crippen LogP contribution in [-0.4, -0.2) is 10.9 Å². The summed E-state index contributed by atoms with van der Waals surface area (Å²) in [5.41, 5.74) is 3.85. The molecule has 0 spiro atoms. The number of carbonyl (C=O) groups is 1. The number of nitrogens with one attached hydrogen (secondary N) is 1. The number of amides is 1. The second kappa shape index (κ2) is 6.86. The van der Waals surface area contributed by atoms with Crippen LogP contribution in [0.1, 0.15) is 45.8 Å². The van der Waals surface area contributed by atoms with E-state index in [1.165, 1.54) is 0 Å². The molecule has 1 unspecified atom stereocenters. The number of rotatable bonds is 4. The number of hydrogen-bond donors (Lipinski definition) is 1. The molecule has 4 heteroatoms. The van der Waals surface area contributed by atoms with E-state index in [-0.39, 0.29) is 18.4 Å². The zero-order valence-electron chi connectivity index (χ0n) is 13.1. The molecule has 1 amide bonds. The predicted octanol–water partition coefficient (Wildman–Crippen LogP) is 3.26. The highest BCUT2D eigenvalue weighted by molar-refractivity contribution is 5.95. The molecule has 0 aliphatic rings. The molecule has 1 aromatic carbocycles. The van der Waals surface area contributed by atoms with Gasteiger partial charge in [-0.25, -0.2) is 0 Å². The van der Waals surface area contributed by atoms with Crippen molar-refractivity contribution in [1.82, 2.24) is 10.3 Å². The number of pyridine rings is 1. The smallest absolute Gasteiger partial charge is 0.253 e. The molecule has 0 aliphatic heterocycles. The summed E-state index contributed by atoms with van der Waals surface area (Å²) in [5, 5.41) is 11.8. The number of hydrogen-bond acceptors (Lipinski definition) is 3. The van der Waals surface area contributed by atoms with Gasteiger partial charge >= 0.3 is 0 Å². The first-order valence-electron chi connectivity index (χ1n) is 7.22.